The Kier molecular flexibility index (Phi) is 3.66. The number of halogens is 1. The maximum atomic E-state index is 12.2. The van der Waals surface area contributed by atoms with E-state index in [9.17, 15) is 9.59 Å². The number of anilines is 1. The van der Waals surface area contributed by atoms with Crippen molar-refractivity contribution >= 4 is 29.1 Å². The van der Waals surface area contributed by atoms with Crippen LogP contribution in [0.4, 0.5) is 5.69 Å². The van der Waals surface area contributed by atoms with Crippen molar-refractivity contribution in [2.75, 3.05) is 18.6 Å². The first-order chi connectivity index (χ1) is 8.93. The molecule has 1 heterocycles. The molecule has 19 heavy (non-hydrogen) atoms. The number of benzene rings is 1. The smallest absolute Gasteiger partial charge is 0.249 e. The number of hydrogen-bond acceptors (Lipinski definition) is 3. The number of nitrogens with one attached hydrogen (secondary N) is 1. The molecule has 0 aromatic heterocycles. The van der Waals surface area contributed by atoms with Gasteiger partial charge in [-0.25, -0.2) is 0 Å². The topological polar surface area (TPSA) is 58.6 Å². The van der Waals surface area contributed by atoms with Crippen LogP contribution in [0.2, 0.25) is 5.02 Å². The summed E-state index contributed by atoms with van der Waals surface area (Å²) in [6.45, 7) is 3.48. The molecule has 2 amide bonds. The van der Waals surface area contributed by atoms with Crippen molar-refractivity contribution in [3.8, 4) is 5.75 Å². The minimum absolute atomic E-state index is 0.0133. The number of amides is 2. The Bertz CT molecular complexity index is 545. The van der Waals surface area contributed by atoms with Crippen molar-refractivity contribution in [2.45, 2.75) is 19.9 Å². The number of hydrogen-bond donors (Lipinski definition) is 1. The number of ether oxygens (including phenoxy) is 1. The third-order valence-electron chi connectivity index (χ3n) is 3.07. The zero-order valence-corrected chi connectivity index (χ0v) is 11.7. The van der Waals surface area contributed by atoms with Crippen LogP contribution in [-0.4, -0.2) is 31.5 Å². The number of piperazine rings is 1. The molecule has 1 aliphatic heterocycles. The minimum Gasteiger partial charge on any atom is -0.495 e. The number of carbonyl (C=O) groups excluding carboxylic acids is 2. The van der Waals surface area contributed by atoms with Gasteiger partial charge in [0.15, 0.2) is 0 Å². The molecule has 102 valence electrons. The lowest BCUT2D eigenvalue weighted by Crippen LogP contribution is -2.57. The second kappa shape index (κ2) is 5.09. The molecule has 0 aliphatic carbocycles. The van der Waals surface area contributed by atoms with Crippen molar-refractivity contribution in [3.05, 3.63) is 22.7 Å². The van der Waals surface area contributed by atoms with Crippen LogP contribution in [0.15, 0.2) is 12.1 Å². The largest absolute Gasteiger partial charge is 0.495 e. The van der Waals surface area contributed by atoms with E-state index >= 15 is 0 Å². The van der Waals surface area contributed by atoms with E-state index in [1.807, 2.05) is 6.92 Å². The highest BCUT2D eigenvalue weighted by Gasteiger charge is 2.32. The van der Waals surface area contributed by atoms with Crippen molar-refractivity contribution < 1.29 is 14.3 Å². The van der Waals surface area contributed by atoms with Gasteiger partial charge in [-0.3, -0.25) is 14.5 Å². The van der Waals surface area contributed by atoms with Gasteiger partial charge in [-0.15, -0.1) is 0 Å². The van der Waals surface area contributed by atoms with Gasteiger partial charge in [0.05, 0.1) is 12.8 Å². The molecule has 0 saturated carbocycles. The third kappa shape index (κ3) is 2.51. The quantitative estimate of drug-likeness (QED) is 0.894. The Balaban J connectivity index is 2.48. The van der Waals surface area contributed by atoms with Crippen LogP contribution in [0.5, 0.6) is 5.75 Å². The van der Waals surface area contributed by atoms with Crippen LogP contribution in [0.1, 0.15) is 12.5 Å². The molecule has 0 bridgehead atoms. The van der Waals surface area contributed by atoms with E-state index in [2.05, 4.69) is 5.32 Å². The van der Waals surface area contributed by atoms with Crippen LogP contribution in [0, 0.1) is 6.92 Å². The first kappa shape index (κ1) is 13.7. The molecule has 0 spiro atoms. The lowest BCUT2D eigenvalue weighted by Gasteiger charge is -2.32. The summed E-state index contributed by atoms with van der Waals surface area (Å²) in [5, 5.41) is 3.15. The predicted octanol–water partition coefficient (Wildman–Crippen LogP) is 1.51. The first-order valence-corrected chi connectivity index (χ1v) is 6.26. The van der Waals surface area contributed by atoms with Crippen LogP contribution in [-0.2, 0) is 9.59 Å². The minimum atomic E-state index is -0.540. The summed E-state index contributed by atoms with van der Waals surface area (Å²) in [6.07, 6.45) is 0. The van der Waals surface area contributed by atoms with Gasteiger partial charge in [0, 0.05) is 11.1 Å². The molecule has 1 aliphatic rings. The maximum Gasteiger partial charge on any atom is 0.249 e. The fourth-order valence-corrected chi connectivity index (χ4v) is 2.18. The van der Waals surface area contributed by atoms with Crippen LogP contribution < -0.4 is 15.0 Å². The van der Waals surface area contributed by atoms with Crippen molar-refractivity contribution in [2.24, 2.45) is 0 Å². The fourth-order valence-electron chi connectivity index (χ4n) is 2.03. The molecular formula is C13H15ClN2O3. The summed E-state index contributed by atoms with van der Waals surface area (Å²) in [7, 11) is 1.50. The highest BCUT2D eigenvalue weighted by Crippen LogP contribution is 2.34. The van der Waals surface area contributed by atoms with Gasteiger partial charge in [-0.1, -0.05) is 11.6 Å². The predicted molar refractivity (Wildman–Crippen MR) is 72.7 cm³/mol. The van der Waals surface area contributed by atoms with E-state index in [-0.39, 0.29) is 18.4 Å². The molecular weight excluding hydrogens is 268 g/mol. The molecule has 6 heteroatoms. The van der Waals surface area contributed by atoms with Crippen molar-refractivity contribution in [3.63, 3.8) is 0 Å². The fraction of sp³-hybridized carbons (Fsp3) is 0.385. The average molecular weight is 283 g/mol. The van der Waals surface area contributed by atoms with Gasteiger partial charge in [0.1, 0.15) is 18.3 Å². The molecule has 1 fully saturated rings. The van der Waals surface area contributed by atoms with E-state index in [0.717, 1.165) is 5.56 Å². The second-order valence-electron chi connectivity index (χ2n) is 4.49. The zero-order chi connectivity index (χ0) is 14.2. The number of aryl methyl sites for hydroxylation is 1. The Morgan fingerprint density at radius 3 is 2.74 bits per heavy atom. The van der Waals surface area contributed by atoms with E-state index < -0.39 is 6.04 Å². The Morgan fingerprint density at radius 1 is 1.42 bits per heavy atom. The number of nitrogens with zero attached hydrogens (tertiary/aromatic N) is 1. The van der Waals surface area contributed by atoms with Gasteiger partial charge < -0.3 is 10.1 Å². The molecule has 1 aromatic carbocycles. The first-order valence-electron chi connectivity index (χ1n) is 5.89. The molecule has 1 saturated heterocycles. The summed E-state index contributed by atoms with van der Waals surface area (Å²) in [6, 6.07) is 2.86. The number of methoxy groups -OCH3 is 1. The number of carbonyl (C=O) groups is 2. The van der Waals surface area contributed by atoms with Crippen LogP contribution in [0.3, 0.4) is 0 Å². The summed E-state index contributed by atoms with van der Waals surface area (Å²) >= 11 is 6.03. The Hall–Kier alpha value is -1.75. The highest BCUT2D eigenvalue weighted by atomic mass is 35.5. The molecule has 1 N–H and O–H groups in total. The van der Waals surface area contributed by atoms with E-state index in [1.54, 1.807) is 19.1 Å². The van der Waals surface area contributed by atoms with E-state index in [0.29, 0.717) is 16.5 Å². The van der Waals surface area contributed by atoms with Gasteiger partial charge in [0.2, 0.25) is 11.8 Å². The average Bonchev–Trinajstić information content (AvgIpc) is 2.36. The number of rotatable bonds is 2. The van der Waals surface area contributed by atoms with Crippen molar-refractivity contribution in [1.82, 2.24) is 5.32 Å². The van der Waals surface area contributed by atoms with Gasteiger partial charge in [-0.2, -0.15) is 0 Å². The van der Waals surface area contributed by atoms with Gasteiger partial charge in [0.25, 0.3) is 0 Å². The molecule has 5 nitrogen and oxygen atoms in total. The van der Waals surface area contributed by atoms with E-state index in [4.69, 9.17) is 16.3 Å². The van der Waals surface area contributed by atoms with Crippen LogP contribution in [0.25, 0.3) is 0 Å². The molecule has 1 atom stereocenters. The van der Waals surface area contributed by atoms with Crippen LogP contribution >= 0.6 is 11.6 Å². The molecule has 1 aromatic rings. The second-order valence-corrected chi connectivity index (χ2v) is 4.89. The van der Waals surface area contributed by atoms with Crippen molar-refractivity contribution in [1.29, 1.82) is 0 Å². The molecule has 1 unspecified atom stereocenters. The summed E-state index contributed by atoms with van der Waals surface area (Å²) in [5.74, 6) is 0.118. The normalized spacial score (nSPS) is 19.4. The maximum absolute atomic E-state index is 12.2. The zero-order valence-electron chi connectivity index (χ0n) is 11.0. The standard InChI is InChI=1S/C13H15ClN2O3/c1-7-4-10(11(19-3)5-9(7)14)16-6-12(17)15-8(2)13(16)18/h4-5,8H,6H2,1-3H3,(H,15,17). The van der Waals surface area contributed by atoms with E-state index in [1.165, 1.54) is 12.0 Å². The Labute approximate surface area is 116 Å². The lowest BCUT2D eigenvalue weighted by atomic mass is 10.1. The summed E-state index contributed by atoms with van der Waals surface area (Å²) < 4.78 is 5.24. The molecule has 2 rings (SSSR count). The lowest BCUT2D eigenvalue weighted by molar-refractivity contribution is -0.130. The summed E-state index contributed by atoms with van der Waals surface area (Å²) in [5.41, 5.74) is 1.39. The highest BCUT2D eigenvalue weighted by molar-refractivity contribution is 6.31. The monoisotopic (exact) mass is 282 g/mol. The third-order valence-corrected chi connectivity index (χ3v) is 3.47. The van der Waals surface area contributed by atoms with Gasteiger partial charge >= 0.3 is 0 Å². The van der Waals surface area contributed by atoms with Gasteiger partial charge in [-0.05, 0) is 25.5 Å². The Morgan fingerprint density at radius 2 is 2.11 bits per heavy atom. The summed E-state index contributed by atoms with van der Waals surface area (Å²) in [4.78, 5) is 25.2. The molecule has 0 radical (unpaired) electrons. The SMILES string of the molecule is COc1cc(Cl)c(C)cc1N1CC(=O)NC(C)C1=O.